The van der Waals surface area contributed by atoms with Crippen molar-refractivity contribution in [2.24, 2.45) is 0 Å². The molecule has 0 N–H and O–H groups in total. The van der Waals surface area contributed by atoms with Gasteiger partial charge in [0, 0.05) is 23.5 Å². The lowest BCUT2D eigenvalue weighted by molar-refractivity contribution is 0.766. The highest BCUT2D eigenvalue weighted by Crippen LogP contribution is 2.40. The Morgan fingerprint density at radius 2 is 0.737 bits per heavy atom. The number of rotatable bonds is 8. The second-order valence-electron chi connectivity index (χ2n) is 14.2. The lowest BCUT2D eigenvalue weighted by atomic mass is 9.90. The molecule has 0 unspecified atom stereocenters. The van der Waals surface area contributed by atoms with Gasteiger partial charge in [0.25, 0.3) is 0 Å². The normalized spacial score (nSPS) is 11.2. The molecule has 0 spiro atoms. The molecule has 0 atom stereocenters. The van der Waals surface area contributed by atoms with E-state index in [9.17, 15) is 0 Å². The Labute approximate surface area is 332 Å². The lowest BCUT2D eigenvalue weighted by Crippen LogP contribution is -1.98. The molecule has 0 amide bonds. The predicted octanol–water partition coefficient (Wildman–Crippen LogP) is 13.5. The van der Waals surface area contributed by atoms with Gasteiger partial charge in [-0.25, -0.2) is 0 Å². The van der Waals surface area contributed by atoms with Crippen LogP contribution in [0, 0.1) is 0 Å². The number of fused-ring (bicyclic) bond motifs is 1. The highest BCUT2D eigenvalue weighted by Gasteiger charge is 2.18. The summed E-state index contributed by atoms with van der Waals surface area (Å²) < 4.78 is 0. The fourth-order valence-corrected chi connectivity index (χ4v) is 7.63. The summed E-state index contributed by atoms with van der Waals surface area (Å²) in [4.78, 5) is 6.12. The summed E-state index contributed by atoms with van der Waals surface area (Å²) in [5.74, 6) is 0. The van der Waals surface area contributed by atoms with E-state index in [1.807, 2.05) is 18.3 Å². The van der Waals surface area contributed by atoms with Crippen LogP contribution in [0.4, 0.5) is 0 Å². The van der Waals surface area contributed by atoms with Crippen LogP contribution in [0.5, 0.6) is 0 Å². The fourth-order valence-electron chi connectivity index (χ4n) is 7.63. The van der Waals surface area contributed by atoms with Crippen LogP contribution in [0.1, 0.15) is 0 Å². The topological polar surface area (TPSA) is 43.6 Å². The molecule has 10 rings (SSSR count). The van der Waals surface area contributed by atoms with Gasteiger partial charge in [-0.1, -0.05) is 140 Å². The third-order valence-corrected chi connectivity index (χ3v) is 10.5. The third kappa shape index (κ3) is 6.93. The molecule has 2 heterocycles. The first-order valence-electron chi connectivity index (χ1n) is 19.2. The van der Waals surface area contributed by atoms with Crippen molar-refractivity contribution in [2.75, 3.05) is 0 Å². The van der Waals surface area contributed by atoms with E-state index in [1.165, 1.54) is 11.1 Å². The molecular weight excluding hydrogens is 693 g/mol. The van der Waals surface area contributed by atoms with Crippen molar-refractivity contribution < 1.29 is 0 Å². The first-order chi connectivity index (χ1) is 28.2. The summed E-state index contributed by atoms with van der Waals surface area (Å²) in [6.07, 6.45) is 3.68. The van der Waals surface area contributed by atoms with Crippen LogP contribution in [-0.4, -0.2) is 20.0 Å². The SMILES string of the molecule is c1ccc(-c2cc(-c3ccccc3)cc(-c3cc(-c4cc(-c5ccccc5)cc(-c5ccccc5)c4)c4nn(-c5cccc(-c6cccnc6)c5)nc4c3)c2)cc1. The van der Waals surface area contributed by atoms with Gasteiger partial charge in [0.05, 0.1) is 5.69 Å². The quantitative estimate of drug-likeness (QED) is 0.156. The van der Waals surface area contributed by atoms with Crippen LogP contribution >= 0.6 is 0 Å². The molecule has 0 aliphatic rings. The summed E-state index contributed by atoms with van der Waals surface area (Å²) >= 11 is 0. The van der Waals surface area contributed by atoms with Crippen molar-refractivity contribution in [2.45, 2.75) is 0 Å². The highest BCUT2D eigenvalue weighted by atomic mass is 15.5. The number of hydrogen-bond acceptors (Lipinski definition) is 3. The van der Waals surface area contributed by atoms with Crippen molar-refractivity contribution >= 4 is 11.0 Å². The van der Waals surface area contributed by atoms with Gasteiger partial charge in [0.1, 0.15) is 11.0 Å². The van der Waals surface area contributed by atoms with Gasteiger partial charge in [-0.3, -0.25) is 4.98 Å². The minimum absolute atomic E-state index is 0.812. The largest absolute Gasteiger partial charge is 0.264 e. The van der Waals surface area contributed by atoms with Gasteiger partial charge in [-0.2, -0.15) is 4.80 Å². The fraction of sp³-hybridized carbons (Fsp3) is 0. The lowest BCUT2D eigenvalue weighted by Gasteiger charge is -2.14. The second-order valence-corrected chi connectivity index (χ2v) is 14.2. The minimum atomic E-state index is 0.812. The summed E-state index contributed by atoms with van der Waals surface area (Å²) in [7, 11) is 0. The van der Waals surface area contributed by atoms with Crippen LogP contribution in [0.2, 0.25) is 0 Å². The van der Waals surface area contributed by atoms with Gasteiger partial charge >= 0.3 is 0 Å². The van der Waals surface area contributed by atoms with E-state index in [2.05, 4.69) is 199 Å². The molecular formula is C53H36N4. The van der Waals surface area contributed by atoms with Crippen molar-refractivity contribution in [1.82, 2.24) is 20.0 Å². The Bertz CT molecular complexity index is 2860. The van der Waals surface area contributed by atoms with Gasteiger partial charge in [0.2, 0.25) is 0 Å². The van der Waals surface area contributed by atoms with Crippen LogP contribution in [0.25, 0.3) is 94.6 Å². The smallest absolute Gasteiger partial charge is 0.121 e. The number of pyridine rings is 1. The van der Waals surface area contributed by atoms with E-state index in [0.717, 1.165) is 83.5 Å². The Morgan fingerprint density at radius 1 is 0.298 bits per heavy atom. The zero-order valence-electron chi connectivity index (χ0n) is 31.1. The zero-order chi connectivity index (χ0) is 38.0. The number of benzene rings is 8. The summed E-state index contributed by atoms with van der Waals surface area (Å²) in [6, 6.07) is 73.0. The van der Waals surface area contributed by atoms with Crippen LogP contribution < -0.4 is 0 Å². The molecule has 0 fully saturated rings. The average molecular weight is 729 g/mol. The molecule has 0 saturated carbocycles. The van der Waals surface area contributed by atoms with Gasteiger partial charge < -0.3 is 0 Å². The van der Waals surface area contributed by atoms with E-state index in [0.29, 0.717) is 0 Å². The molecule has 0 aliphatic carbocycles. The van der Waals surface area contributed by atoms with Crippen LogP contribution in [0.3, 0.4) is 0 Å². The Balaban J connectivity index is 1.22. The molecule has 10 aromatic rings. The monoisotopic (exact) mass is 728 g/mol. The maximum atomic E-state index is 5.25. The first-order valence-corrected chi connectivity index (χ1v) is 19.2. The Kier molecular flexibility index (Phi) is 8.82. The second kappa shape index (κ2) is 14.9. The molecule has 0 bridgehead atoms. The van der Waals surface area contributed by atoms with Gasteiger partial charge in [0.15, 0.2) is 0 Å². The Morgan fingerprint density at radius 3 is 1.23 bits per heavy atom. The van der Waals surface area contributed by atoms with Crippen molar-refractivity contribution in [3.63, 3.8) is 0 Å². The van der Waals surface area contributed by atoms with Crippen molar-refractivity contribution in [3.05, 3.63) is 219 Å². The number of nitrogens with zero attached hydrogens (tertiary/aromatic N) is 4. The average Bonchev–Trinajstić information content (AvgIpc) is 3.75. The maximum Gasteiger partial charge on any atom is 0.121 e. The van der Waals surface area contributed by atoms with E-state index in [1.54, 1.807) is 11.0 Å². The van der Waals surface area contributed by atoms with E-state index in [4.69, 9.17) is 10.2 Å². The van der Waals surface area contributed by atoms with E-state index < -0.39 is 0 Å². The standard InChI is InChI=1S/C53H36N4/c1-5-15-37(16-6-1)43-27-44(38-17-7-2-8-18-38)30-47(29-43)48-34-51(49-31-45(39-19-9-3-10-20-39)28-46(32-49)40-21-11-4-12-22-40)53-52(35-48)55-57(56-53)50-25-13-23-41(33-50)42-24-14-26-54-36-42/h1-36H. The molecule has 268 valence electrons. The van der Waals surface area contributed by atoms with Crippen LogP contribution in [-0.2, 0) is 0 Å². The summed E-state index contributed by atoms with van der Waals surface area (Å²) in [6.45, 7) is 0. The highest BCUT2D eigenvalue weighted by molar-refractivity contribution is 5.98. The van der Waals surface area contributed by atoms with E-state index in [-0.39, 0.29) is 0 Å². The third-order valence-electron chi connectivity index (χ3n) is 10.5. The molecule has 0 saturated heterocycles. The number of aromatic nitrogens is 4. The van der Waals surface area contributed by atoms with Crippen molar-refractivity contribution in [3.8, 4) is 83.6 Å². The Hall–Kier alpha value is -7.69. The van der Waals surface area contributed by atoms with Crippen molar-refractivity contribution in [1.29, 1.82) is 0 Å². The van der Waals surface area contributed by atoms with E-state index >= 15 is 0 Å². The molecule has 8 aromatic carbocycles. The number of hydrogen-bond donors (Lipinski definition) is 0. The molecule has 0 aliphatic heterocycles. The molecule has 4 nitrogen and oxygen atoms in total. The summed E-state index contributed by atoms with van der Waals surface area (Å²) in [5, 5.41) is 10.5. The molecule has 57 heavy (non-hydrogen) atoms. The van der Waals surface area contributed by atoms with Gasteiger partial charge in [-0.05, 0) is 133 Å². The summed E-state index contributed by atoms with van der Waals surface area (Å²) in [5.41, 5.74) is 18.1. The molecule has 0 radical (unpaired) electrons. The maximum absolute atomic E-state index is 5.25. The minimum Gasteiger partial charge on any atom is -0.264 e. The molecule has 2 aromatic heterocycles. The molecule has 4 heteroatoms. The first kappa shape index (κ1) is 33.8. The van der Waals surface area contributed by atoms with Crippen LogP contribution in [0.15, 0.2) is 219 Å². The zero-order valence-corrected chi connectivity index (χ0v) is 31.1. The predicted molar refractivity (Wildman–Crippen MR) is 235 cm³/mol. The van der Waals surface area contributed by atoms with Gasteiger partial charge in [-0.15, -0.1) is 10.2 Å².